The summed E-state index contributed by atoms with van der Waals surface area (Å²) in [7, 11) is 1.51. The van der Waals surface area contributed by atoms with Gasteiger partial charge in [-0.05, 0) is 37.4 Å². The summed E-state index contributed by atoms with van der Waals surface area (Å²) in [6.07, 6.45) is 2.63. The summed E-state index contributed by atoms with van der Waals surface area (Å²) in [5, 5.41) is 5.96. The third-order valence-electron chi connectivity index (χ3n) is 3.78. The van der Waals surface area contributed by atoms with Crippen LogP contribution in [-0.2, 0) is 4.79 Å². The van der Waals surface area contributed by atoms with Gasteiger partial charge in [-0.15, -0.1) is 0 Å². The summed E-state index contributed by atoms with van der Waals surface area (Å²) < 4.78 is 18.7. The minimum absolute atomic E-state index is 0.164. The molecule has 1 heterocycles. The molecule has 2 atom stereocenters. The molecule has 2 N–H and O–H groups in total. The third kappa shape index (κ3) is 3.70. The number of amides is 1. The maximum absolute atomic E-state index is 13.6. The van der Waals surface area contributed by atoms with E-state index in [1.807, 2.05) is 0 Å². The van der Waals surface area contributed by atoms with E-state index in [-0.39, 0.29) is 17.6 Å². The average molecular weight is 280 g/mol. The van der Waals surface area contributed by atoms with Crippen molar-refractivity contribution in [3.8, 4) is 5.75 Å². The van der Waals surface area contributed by atoms with Gasteiger partial charge in [0.05, 0.1) is 12.8 Å². The first-order valence-corrected chi connectivity index (χ1v) is 6.97. The van der Waals surface area contributed by atoms with E-state index in [9.17, 15) is 9.18 Å². The Morgan fingerprint density at radius 2 is 2.35 bits per heavy atom. The number of benzene rings is 1. The van der Waals surface area contributed by atoms with Crippen LogP contribution < -0.4 is 15.4 Å². The number of carbonyl (C=O) groups is 1. The van der Waals surface area contributed by atoms with Crippen LogP contribution in [0.3, 0.4) is 0 Å². The lowest BCUT2D eigenvalue weighted by molar-refractivity contribution is -0.117. The molecule has 1 aromatic rings. The molecule has 0 bridgehead atoms. The Morgan fingerprint density at radius 3 is 3.05 bits per heavy atom. The molecule has 1 aromatic carbocycles. The third-order valence-corrected chi connectivity index (χ3v) is 3.78. The average Bonchev–Trinajstić information content (AvgIpc) is 2.44. The van der Waals surface area contributed by atoms with Gasteiger partial charge in [-0.25, -0.2) is 4.39 Å². The zero-order valence-electron chi connectivity index (χ0n) is 11.9. The van der Waals surface area contributed by atoms with Gasteiger partial charge in [-0.3, -0.25) is 4.79 Å². The van der Waals surface area contributed by atoms with Crippen LogP contribution in [0.1, 0.15) is 26.2 Å². The highest BCUT2D eigenvalue weighted by Gasteiger charge is 2.23. The molecule has 2 unspecified atom stereocenters. The predicted octanol–water partition coefficient (Wildman–Crippen LogP) is 2.55. The Morgan fingerprint density at radius 1 is 1.55 bits per heavy atom. The first-order chi connectivity index (χ1) is 9.60. The number of nitrogens with one attached hydrogen (secondary N) is 2. The van der Waals surface area contributed by atoms with Crippen molar-refractivity contribution in [3.05, 3.63) is 24.0 Å². The molecule has 1 fully saturated rings. The molecule has 5 heteroatoms. The van der Waals surface area contributed by atoms with Crippen LogP contribution >= 0.6 is 0 Å². The number of piperidine rings is 1. The smallest absolute Gasteiger partial charge is 0.226 e. The van der Waals surface area contributed by atoms with Gasteiger partial charge in [0.1, 0.15) is 11.6 Å². The predicted molar refractivity (Wildman–Crippen MR) is 76.4 cm³/mol. The van der Waals surface area contributed by atoms with E-state index in [0.717, 1.165) is 19.4 Å². The van der Waals surface area contributed by atoms with Gasteiger partial charge in [-0.2, -0.15) is 0 Å². The van der Waals surface area contributed by atoms with Crippen molar-refractivity contribution in [2.24, 2.45) is 5.92 Å². The number of anilines is 1. The summed E-state index contributed by atoms with van der Waals surface area (Å²) in [6.45, 7) is 3.08. The second-order valence-electron chi connectivity index (χ2n) is 5.28. The molecule has 0 aliphatic carbocycles. The molecule has 0 aromatic heterocycles. The van der Waals surface area contributed by atoms with Crippen LogP contribution in [0.4, 0.5) is 10.1 Å². The molecule has 2 rings (SSSR count). The van der Waals surface area contributed by atoms with Gasteiger partial charge in [-0.1, -0.05) is 6.92 Å². The number of carbonyl (C=O) groups excluding carboxylic acids is 1. The number of rotatable bonds is 4. The summed E-state index contributed by atoms with van der Waals surface area (Å²) in [5.74, 6) is 0.350. The van der Waals surface area contributed by atoms with Gasteiger partial charge in [0.2, 0.25) is 5.91 Å². The van der Waals surface area contributed by atoms with E-state index in [0.29, 0.717) is 18.1 Å². The Balaban J connectivity index is 1.97. The van der Waals surface area contributed by atoms with Crippen molar-refractivity contribution in [1.82, 2.24) is 5.32 Å². The SMILES string of the molecule is COc1ccc(F)c(NC(=O)CC2NCCCC2C)c1. The van der Waals surface area contributed by atoms with Crippen molar-refractivity contribution in [2.45, 2.75) is 32.2 Å². The highest BCUT2D eigenvalue weighted by atomic mass is 19.1. The molecule has 0 saturated carbocycles. The minimum atomic E-state index is -0.455. The molecule has 20 heavy (non-hydrogen) atoms. The Hall–Kier alpha value is -1.62. The fourth-order valence-corrected chi connectivity index (χ4v) is 2.52. The van der Waals surface area contributed by atoms with Crippen LogP contribution in [0.15, 0.2) is 18.2 Å². The lowest BCUT2D eigenvalue weighted by atomic mass is 9.90. The van der Waals surface area contributed by atoms with Crippen LogP contribution in [0.25, 0.3) is 0 Å². The topological polar surface area (TPSA) is 50.4 Å². The zero-order valence-corrected chi connectivity index (χ0v) is 11.9. The molecule has 1 amide bonds. The standard InChI is InChI=1S/C15H21FN2O2/c1-10-4-3-7-17-13(10)9-15(19)18-14-8-11(20-2)5-6-12(14)16/h5-6,8,10,13,17H,3-4,7,9H2,1-2H3,(H,18,19). The largest absolute Gasteiger partial charge is 0.497 e. The Labute approximate surface area is 118 Å². The summed E-state index contributed by atoms with van der Waals surface area (Å²) in [6, 6.07) is 4.47. The maximum Gasteiger partial charge on any atom is 0.226 e. The second-order valence-corrected chi connectivity index (χ2v) is 5.28. The van der Waals surface area contributed by atoms with Crippen molar-refractivity contribution in [1.29, 1.82) is 0 Å². The molecular formula is C15H21FN2O2. The van der Waals surface area contributed by atoms with Crippen LogP contribution in [-0.4, -0.2) is 25.6 Å². The lowest BCUT2D eigenvalue weighted by Crippen LogP contribution is -2.42. The zero-order chi connectivity index (χ0) is 14.5. The first-order valence-electron chi connectivity index (χ1n) is 6.97. The van der Waals surface area contributed by atoms with Crippen molar-refractivity contribution >= 4 is 11.6 Å². The van der Waals surface area contributed by atoms with Crippen LogP contribution in [0.5, 0.6) is 5.75 Å². The number of hydrogen-bond donors (Lipinski definition) is 2. The number of methoxy groups -OCH3 is 1. The molecule has 0 radical (unpaired) electrons. The minimum Gasteiger partial charge on any atom is -0.497 e. The monoisotopic (exact) mass is 280 g/mol. The Bertz CT molecular complexity index is 479. The molecule has 1 aliphatic heterocycles. The Kier molecular flexibility index (Phi) is 4.95. The highest BCUT2D eigenvalue weighted by molar-refractivity contribution is 5.91. The van der Waals surface area contributed by atoms with Gasteiger partial charge in [0, 0.05) is 18.5 Å². The molecule has 0 spiro atoms. The van der Waals surface area contributed by atoms with Crippen molar-refractivity contribution in [3.63, 3.8) is 0 Å². The van der Waals surface area contributed by atoms with Gasteiger partial charge >= 0.3 is 0 Å². The van der Waals surface area contributed by atoms with Gasteiger partial charge in [0.25, 0.3) is 0 Å². The highest BCUT2D eigenvalue weighted by Crippen LogP contribution is 2.22. The quantitative estimate of drug-likeness (QED) is 0.891. The van der Waals surface area contributed by atoms with E-state index < -0.39 is 5.82 Å². The molecule has 1 aliphatic rings. The first kappa shape index (κ1) is 14.8. The summed E-state index contributed by atoms with van der Waals surface area (Å²) in [4.78, 5) is 12.0. The van der Waals surface area contributed by atoms with Crippen molar-refractivity contribution in [2.75, 3.05) is 19.0 Å². The van der Waals surface area contributed by atoms with Gasteiger partial charge < -0.3 is 15.4 Å². The van der Waals surface area contributed by atoms with E-state index >= 15 is 0 Å². The van der Waals surface area contributed by atoms with Gasteiger partial charge in [0.15, 0.2) is 0 Å². The van der Waals surface area contributed by atoms with Crippen LogP contribution in [0.2, 0.25) is 0 Å². The van der Waals surface area contributed by atoms with E-state index in [1.54, 1.807) is 0 Å². The van der Waals surface area contributed by atoms with E-state index in [2.05, 4.69) is 17.6 Å². The molecule has 110 valence electrons. The molecule has 4 nitrogen and oxygen atoms in total. The number of hydrogen-bond acceptors (Lipinski definition) is 3. The normalized spacial score (nSPS) is 22.4. The van der Waals surface area contributed by atoms with E-state index in [1.165, 1.54) is 25.3 Å². The number of halogens is 1. The number of ether oxygens (including phenoxy) is 1. The maximum atomic E-state index is 13.6. The fraction of sp³-hybridized carbons (Fsp3) is 0.533. The van der Waals surface area contributed by atoms with E-state index in [4.69, 9.17) is 4.74 Å². The molecule has 1 saturated heterocycles. The lowest BCUT2D eigenvalue weighted by Gasteiger charge is -2.29. The molecular weight excluding hydrogens is 259 g/mol. The van der Waals surface area contributed by atoms with Crippen LogP contribution in [0, 0.1) is 11.7 Å². The second kappa shape index (κ2) is 6.70. The summed E-state index contributed by atoms with van der Waals surface area (Å²) in [5.41, 5.74) is 0.165. The fourth-order valence-electron chi connectivity index (χ4n) is 2.52. The summed E-state index contributed by atoms with van der Waals surface area (Å²) >= 11 is 0. The van der Waals surface area contributed by atoms with Crippen molar-refractivity contribution < 1.29 is 13.9 Å².